The summed E-state index contributed by atoms with van der Waals surface area (Å²) in [5, 5.41) is 9.51. The monoisotopic (exact) mass is 240 g/mol. The molecule has 0 aromatic heterocycles. The number of carbonyl (C=O) groups is 1. The third-order valence-corrected chi connectivity index (χ3v) is 4.30. The lowest BCUT2D eigenvalue weighted by molar-refractivity contribution is -0.152. The largest absolute Gasteiger partial charge is 0.481 e. The van der Waals surface area contributed by atoms with Crippen LogP contribution in [-0.2, 0) is 4.79 Å². The molecule has 0 radical (unpaired) electrons. The molecular formula is C15H28O2. The van der Waals surface area contributed by atoms with Crippen LogP contribution in [0.5, 0.6) is 0 Å². The van der Waals surface area contributed by atoms with Gasteiger partial charge in [-0.1, -0.05) is 58.8 Å². The van der Waals surface area contributed by atoms with E-state index in [9.17, 15) is 9.90 Å². The Labute approximate surface area is 106 Å². The SMILES string of the molecule is CCCCCCCC1(C(=O)O)CCCC(C)C1. The van der Waals surface area contributed by atoms with Gasteiger partial charge in [-0.3, -0.25) is 4.79 Å². The van der Waals surface area contributed by atoms with Crippen molar-refractivity contribution in [3.05, 3.63) is 0 Å². The zero-order valence-electron chi connectivity index (χ0n) is 11.5. The maximum absolute atomic E-state index is 11.5. The van der Waals surface area contributed by atoms with E-state index >= 15 is 0 Å². The van der Waals surface area contributed by atoms with Crippen molar-refractivity contribution in [2.45, 2.75) is 78.1 Å². The van der Waals surface area contributed by atoms with Gasteiger partial charge in [-0.15, -0.1) is 0 Å². The molecule has 0 heterocycles. The van der Waals surface area contributed by atoms with Crippen LogP contribution >= 0.6 is 0 Å². The van der Waals surface area contributed by atoms with E-state index in [4.69, 9.17) is 0 Å². The molecule has 0 spiro atoms. The summed E-state index contributed by atoms with van der Waals surface area (Å²) in [5.74, 6) is 0.0510. The molecule has 1 fully saturated rings. The Hall–Kier alpha value is -0.530. The van der Waals surface area contributed by atoms with Crippen molar-refractivity contribution in [2.24, 2.45) is 11.3 Å². The van der Waals surface area contributed by atoms with Gasteiger partial charge in [-0.25, -0.2) is 0 Å². The fraction of sp³-hybridized carbons (Fsp3) is 0.933. The van der Waals surface area contributed by atoms with E-state index in [0.717, 1.165) is 32.1 Å². The van der Waals surface area contributed by atoms with Gasteiger partial charge in [0.1, 0.15) is 0 Å². The van der Waals surface area contributed by atoms with Crippen molar-refractivity contribution in [1.29, 1.82) is 0 Å². The van der Waals surface area contributed by atoms with Crippen LogP contribution in [0.2, 0.25) is 0 Å². The molecular weight excluding hydrogens is 212 g/mol. The van der Waals surface area contributed by atoms with E-state index in [-0.39, 0.29) is 5.41 Å². The Kier molecular flexibility index (Phi) is 6.01. The first-order chi connectivity index (χ1) is 8.10. The van der Waals surface area contributed by atoms with Gasteiger partial charge in [0.05, 0.1) is 5.41 Å². The van der Waals surface area contributed by atoms with Crippen LogP contribution in [0.3, 0.4) is 0 Å². The lowest BCUT2D eigenvalue weighted by Crippen LogP contribution is -2.35. The van der Waals surface area contributed by atoms with E-state index < -0.39 is 5.97 Å². The average molecular weight is 240 g/mol. The normalized spacial score (nSPS) is 29.2. The molecule has 2 unspecified atom stereocenters. The smallest absolute Gasteiger partial charge is 0.309 e. The predicted molar refractivity (Wildman–Crippen MR) is 71.1 cm³/mol. The van der Waals surface area contributed by atoms with Crippen LogP contribution in [-0.4, -0.2) is 11.1 Å². The number of rotatable bonds is 7. The highest BCUT2D eigenvalue weighted by atomic mass is 16.4. The maximum atomic E-state index is 11.5. The standard InChI is InChI=1S/C15H28O2/c1-3-4-5-6-7-10-15(14(16)17)11-8-9-13(2)12-15/h13H,3-12H2,1-2H3,(H,16,17). The van der Waals surface area contributed by atoms with Crippen LogP contribution < -0.4 is 0 Å². The van der Waals surface area contributed by atoms with Gasteiger partial charge in [0.15, 0.2) is 0 Å². The first kappa shape index (κ1) is 14.5. The molecule has 0 aromatic rings. The lowest BCUT2D eigenvalue weighted by Gasteiger charge is -2.36. The van der Waals surface area contributed by atoms with Gasteiger partial charge in [0.2, 0.25) is 0 Å². The minimum Gasteiger partial charge on any atom is -0.481 e. The second-order valence-corrected chi connectivity index (χ2v) is 5.95. The highest BCUT2D eigenvalue weighted by molar-refractivity contribution is 5.74. The molecule has 1 aliphatic carbocycles. The minimum absolute atomic E-state index is 0.385. The molecule has 1 aliphatic rings. The second kappa shape index (κ2) is 7.03. The molecule has 0 saturated heterocycles. The first-order valence-corrected chi connectivity index (χ1v) is 7.34. The summed E-state index contributed by atoms with van der Waals surface area (Å²) in [4.78, 5) is 11.5. The van der Waals surface area contributed by atoms with Crippen molar-refractivity contribution in [1.82, 2.24) is 0 Å². The van der Waals surface area contributed by atoms with E-state index in [1.54, 1.807) is 0 Å². The molecule has 1 rings (SSSR count). The molecule has 2 atom stereocenters. The van der Waals surface area contributed by atoms with Crippen LogP contribution in [0.4, 0.5) is 0 Å². The second-order valence-electron chi connectivity index (χ2n) is 5.95. The molecule has 0 aromatic carbocycles. The summed E-state index contributed by atoms with van der Waals surface area (Å²) in [6.07, 6.45) is 11.1. The fourth-order valence-corrected chi connectivity index (χ4v) is 3.26. The van der Waals surface area contributed by atoms with Crippen molar-refractivity contribution in [3.63, 3.8) is 0 Å². The Balaban J connectivity index is 2.40. The summed E-state index contributed by atoms with van der Waals surface area (Å²) in [5.41, 5.74) is -0.385. The van der Waals surface area contributed by atoms with Gasteiger partial charge >= 0.3 is 5.97 Å². The fourth-order valence-electron chi connectivity index (χ4n) is 3.26. The predicted octanol–water partition coefficient (Wildman–Crippen LogP) is 4.63. The molecule has 100 valence electrons. The van der Waals surface area contributed by atoms with Gasteiger partial charge < -0.3 is 5.11 Å². The number of carboxylic acid groups (broad SMARTS) is 1. The topological polar surface area (TPSA) is 37.3 Å². The summed E-state index contributed by atoms with van der Waals surface area (Å²) in [6, 6.07) is 0. The van der Waals surface area contributed by atoms with Crippen LogP contribution in [0.1, 0.15) is 78.1 Å². The van der Waals surface area contributed by atoms with Crippen molar-refractivity contribution in [2.75, 3.05) is 0 Å². The Bertz CT molecular complexity index is 237. The van der Waals surface area contributed by atoms with Crippen molar-refractivity contribution >= 4 is 5.97 Å². The van der Waals surface area contributed by atoms with Crippen LogP contribution in [0.25, 0.3) is 0 Å². The zero-order valence-corrected chi connectivity index (χ0v) is 11.5. The number of carboxylic acids is 1. The Morgan fingerprint density at radius 3 is 2.59 bits per heavy atom. The summed E-state index contributed by atoms with van der Waals surface area (Å²) < 4.78 is 0. The number of hydrogen-bond acceptors (Lipinski definition) is 1. The maximum Gasteiger partial charge on any atom is 0.309 e. The van der Waals surface area contributed by atoms with E-state index in [1.165, 1.54) is 32.1 Å². The summed E-state index contributed by atoms with van der Waals surface area (Å²) >= 11 is 0. The van der Waals surface area contributed by atoms with Crippen LogP contribution in [0, 0.1) is 11.3 Å². The lowest BCUT2D eigenvalue weighted by atomic mass is 9.67. The number of unbranched alkanes of at least 4 members (excludes halogenated alkanes) is 4. The molecule has 2 heteroatoms. The van der Waals surface area contributed by atoms with Crippen LogP contribution in [0.15, 0.2) is 0 Å². The molecule has 1 saturated carbocycles. The van der Waals surface area contributed by atoms with Crippen molar-refractivity contribution in [3.8, 4) is 0 Å². The number of aliphatic carboxylic acids is 1. The van der Waals surface area contributed by atoms with E-state index in [2.05, 4.69) is 13.8 Å². The third kappa shape index (κ3) is 4.33. The van der Waals surface area contributed by atoms with E-state index in [1.807, 2.05) is 0 Å². The zero-order chi connectivity index (χ0) is 12.7. The van der Waals surface area contributed by atoms with Crippen molar-refractivity contribution < 1.29 is 9.90 Å². The highest BCUT2D eigenvalue weighted by Crippen LogP contribution is 2.43. The molecule has 1 N–H and O–H groups in total. The average Bonchev–Trinajstić information content (AvgIpc) is 2.28. The summed E-state index contributed by atoms with van der Waals surface area (Å²) in [6.45, 7) is 4.41. The Morgan fingerprint density at radius 1 is 1.29 bits per heavy atom. The summed E-state index contributed by atoms with van der Waals surface area (Å²) in [7, 11) is 0. The van der Waals surface area contributed by atoms with E-state index in [0.29, 0.717) is 5.92 Å². The quantitative estimate of drug-likeness (QED) is 0.659. The van der Waals surface area contributed by atoms with Gasteiger partial charge in [-0.2, -0.15) is 0 Å². The third-order valence-electron chi connectivity index (χ3n) is 4.30. The molecule has 17 heavy (non-hydrogen) atoms. The first-order valence-electron chi connectivity index (χ1n) is 7.34. The Morgan fingerprint density at radius 2 is 2.00 bits per heavy atom. The highest BCUT2D eigenvalue weighted by Gasteiger charge is 2.40. The molecule has 0 aliphatic heterocycles. The molecule has 0 amide bonds. The van der Waals surface area contributed by atoms with Gasteiger partial charge in [0, 0.05) is 0 Å². The molecule has 0 bridgehead atoms. The van der Waals surface area contributed by atoms with Gasteiger partial charge in [0.25, 0.3) is 0 Å². The van der Waals surface area contributed by atoms with Gasteiger partial charge in [-0.05, 0) is 25.2 Å². The minimum atomic E-state index is -0.542. The molecule has 2 nitrogen and oxygen atoms in total. The number of hydrogen-bond donors (Lipinski definition) is 1.